The summed E-state index contributed by atoms with van der Waals surface area (Å²) in [5.41, 5.74) is 8.57. The Morgan fingerprint density at radius 2 is 2.03 bits per heavy atom. The Hall–Kier alpha value is -3.68. The summed E-state index contributed by atoms with van der Waals surface area (Å²) in [6, 6.07) is 6.24. The van der Waals surface area contributed by atoms with Crippen molar-refractivity contribution in [1.29, 1.82) is 0 Å². The molecule has 146 valence electrons. The molecular weight excluding hydrogens is 371 g/mol. The number of aliphatic imine (C=N–C) groups is 1. The van der Waals surface area contributed by atoms with E-state index >= 15 is 0 Å². The van der Waals surface area contributed by atoms with Crippen molar-refractivity contribution in [3.8, 4) is 0 Å². The van der Waals surface area contributed by atoms with Crippen molar-refractivity contribution in [1.82, 2.24) is 15.0 Å². The molecule has 1 aromatic carbocycles. The quantitative estimate of drug-likeness (QED) is 0.715. The van der Waals surface area contributed by atoms with Gasteiger partial charge in [0, 0.05) is 41.8 Å². The number of benzene rings is 1. The van der Waals surface area contributed by atoms with E-state index in [1.807, 2.05) is 13.0 Å². The normalized spacial score (nSPS) is 18.0. The molecule has 0 bridgehead atoms. The van der Waals surface area contributed by atoms with Gasteiger partial charge in [0.1, 0.15) is 17.3 Å². The number of pyridine rings is 1. The predicted octanol–water partition coefficient (Wildman–Crippen LogP) is 2.75. The lowest BCUT2D eigenvalue weighted by Gasteiger charge is -2.32. The zero-order chi connectivity index (χ0) is 20.6. The minimum absolute atomic E-state index is 0.175. The van der Waals surface area contributed by atoms with Crippen molar-refractivity contribution in [3.63, 3.8) is 0 Å². The van der Waals surface area contributed by atoms with Gasteiger partial charge in [-0.3, -0.25) is 19.8 Å². The smallest absolute Gasteiger partial charge is 0.275 e. The first kappa shape index (κ1) is 18.7. The van der Waals surface area contributed by atoms with E-state index in [1.54, 1.807) is 25.4 Å². The number of anilines is 1. The Balaban J connectivity index is 1.66. The molecule has 3 heterocycles. The van der Waals surface area contributed by atoms with E-state index in [1.165, 1.54) is 24.5 Å². The van der Waals surface area contributed by atoms with Crippen LogP contribution in [0, 0.1) is 12.7 Å². The molecule has 0 aliphatic carbocycles. The zero-order valence-corrected chi connectivity index (χ0v) is 16.0. The van der Waals surface area contributed by atoms with Crippen molar-refractivity contribution >= 4 is 17.4 Å². The number of nitrogens with one attached hydrogen (secondary N) is 1. The third-order valence-electron chi connectivity index (χ3n) is 4.91. The Morgan fingerprint density at radius 3 is 2.79 bits per heavy atom. The summed E-state index contributed by atoms with van der Waals surface area (Å²) >= 11 is 0. The van der Waals surface area contributed by atoms with Gasteiger partial charge in [0.25, 0.3) is 5.91 Å². The average Bonchev–Trinajstić information content (AvgIpc) is 2.69. The van der Waals surface area contributed by atoms with Gasteiger partial charge < -0.3 is 11.1 Å². The molecule has 0 spiro atoms. The van der Waals surface area contributed by atoms with E-state index in [9.17, 15) is 9.18 Å². The standard InChI is InChI=1S/C21H19FN6O/c1-12-9-26-18(11-25-12)20(29)27-14-3-4-17(22)16(7-14)21(2)8-13-5-6-24-10-15(13)19(23)28-21/h3-7,9-11H,8H2,1-2H3,(H2,23,28)(H,27,29). The minimum Gasteiger partial charge on any atom is -0.383 e. The largest absolute Gasteiger partial charge is 0.383 e. The van der Waals surface area contributed by atoms with Crippen LogP contribution in [0.5, 0.6) is 0 Å². The number of nitrogens with two attached hydrogens (primary N) is 1. The summed E-state index contributed by atoms with van der Waals surface area (Å²) in [6.45, 7) is 3.60. The number of nitrogens with zero attached hydrogens (tertiary/aromatic N) is 4. The maximum absolute atomic E-state index is 14.7. The van der Waals surface area contributed by atoms with E-state index in [2.05, 4.69) is 25.3 Å². The first-order valence-electron chi connectivity index (χ1n) is 9.04. The molecule has 0 fully saturated rings. The molecule has 8 heteroatoms. The number of rotatable bonds is 3. The van der Waals surface area contributed by atoms with E-state index < -0.39 is 17.3 Å². The Kier molecular flexibility index (Phi) is 4.54. The lowest BCUT2D eigenvalue weighted by molar-refractivity contribution is 0.102. The molecule has 1 atom stereocenters. The molecule has 0 saturated heterocycles. The van der Waals surface area contributed by atoms with Crippen molar-refractivity contribution in [3.05, 3.63) is 82.9 Å². The number of amidine groups is 1. The molecule has 3 N–H and O–H groups in total. The first-order chi connectivity index (χ1) is 13.9. The Morgan fingerprint density at radius 1 is 1.21 bits per heavy atom. The fraction of sp³-hybridized carbons (Fsp3) is 0.190. The molecule has 0 saturated carbocycles. The first-order valence-corrected chi connectivity index (χ1v) is 9.04. The Labute approximate surface area is 167 Å². The number of halogens is 1. The fourth-order valence-electron chi connectivity index (χ4n) is 3.42. The van der Waals surface area contributed by atoms with Crippen LogP contribution in [0.25, 0.3) is 0 Å². The molecule has 1 aliphatic heterocycles. The second-order valence-corrected chi connectivity index (χ2v) is 7.17. The van der Waals surface area contributed by atoms with Crippen LogP contribution in [0.1, 0.15) is 39.8 Å². The van der Waals surface area contributed by atoms with Crippen LogP contribution < -0.4 is 11.1 Å². The van der Waals surface area contributed by atoms with Gasteiger partial charge in [-0.15, -0.1) is 0 Å². The van der Waals surface area contributed by atoms with E-state index in [0.717, 1.165) is 11.1 Å². The number of fused-ring (bicyclic) bond motifs is 1. The van der Waals surface area contributed by atoms with Gasteiger partial charge in [0.15, 0.2) is 0 Å². The third kappa shape index (κ3) is 3.56. The van der Waals surface area contributed by atoms with Gasteiger partial charge in [-0.1, -0.05) is 0 Å². The minimum atomic E-state index is -0.910. The highest BCUT2D eigenvalue weighted by atomic mass is 19.1. The lowest BCUT2D eigenvalue weighted by atomic mass is 9.82. The second kappa shape index (κ2) is 7.05. The molecule has 7 nitrogen and oxygen atoms in total. The number of hydrogen-bond acceptors (Lipinski definition) is 6. The second-order valence-electron chi connectivity index (χ2n) is 7.17. The number of hydrogen-bond donors (Lipinski definition) is 2. The number of carbonyl (C=O) groups excluding carboxylic acids is 1. The van der Waals surface area contributed by atoms with Crippen molar-refractivity contribution < 1.29 is 9.18 Å². The molecule has 4 rings (SSSR count). The number of aryl methyl sites for hydroxylation is 1. The SMILES string of the molecule is Cc1cnc(C(=O)Nc2ccc(F)c(C3(C)Cc4ccncc4C(N)=N3)c2)cn1. The van der Waals surface area contributed by atoms with Crippen LogP contribution in [0.15, 0.2) is 54.0 Å². The van der Waals surface area contributed by atoms with Gasteiger partial charge in [-0.2, -0.15) is 0 Å². The van der Waals surface area contributed by atoms with E-state index in [-0.39, 0.29) is 5.69 Å². The summed E-state index contributed by atoms with van der Waals surface area (Å²) in [5.74, 6) is -0.538. The highest BCUT2D eigenvalue weighted by molar-refractivity contribution is 6.02. The van der Waals surface area contributed by atoms with Gasteiger partial charge in [-0.25, -0.2) is 9.37 Å². The molecule has 2 aromatic heterocycles. The third-order valence-corrected chi connectivity index (χ3v) is 4.91. The van der Waals surface area contributed by atoms with Crippen molar-refractivity contribution in [2.45, 2.75) is 25.8 Å². The number of aromatic nitrogens is 3. The summed E-state index contributed by atoms with van der Waals surface area (Å²) < 4.78 is 14.7. The summed E-state index contributed by atoms with van der Waals surface area (Å²) in [7, 11) is 0. The number of carbonyl (C=O) groups is 1. The summed E-state index contributed by atoms with van der Waals surface area (Å²) in [5, 5.41) is 2.73. The van der Waals surface area contributed by atoms with E-state index in [0.29, 0.717) is 29.2 Å². The van der Waals surface area contributed by atoms with Crippen LogP contribution in [-0.4, -0.2) is 26.7 Å². The van der Waals surface area contributed by atoms with Gasteiger partial charge in [-0.05, 0) is 43.7 Å². The van der Waals surface area contributed by atoms with Crippen LogP contribution >= 0.6 is 0 Å². The highest BCUT2D eigenvalue weighted by Crippen LogP contribution is 2.37. The van der Waals surface area contributed by atoms with Crippen LogP contribution in [0.4, 0.5) is 10.1 Å². The molecule has 1 unspecified atom stereocenters. The van der Waals surface area contributed by atoms with Gasteiger partial charge in [0.2, 0.25) is 0 Å². The molecule has 0 radical (unpaired) electrons. The lowest BCUT2D eigenvalue weighted by Crippen LogP contribution is -2.34. The van der Waals surface area contributed by atoms with Crippen LogP contribution in [-0.2, 0) is 12.0 Å². The predicted molar refractivity (Wildman–Crippen MR) is 107 cm³/mol. The maximum atomic E-state index is 14.7. The molecule has 1 amide bonds. The topological polar surface area (TPSA) is 106 Å². The molecule has 3 aromatic rings. The van der Waals surface area contributed by atoms with Crippen molar-refractivity contribution in [2.75, 3.05) is 5.32 Å². The van der Waals surface area contributed by atoms with Crippen LogP contribution in [0.2, 0.25) is 0 Å². The number of amides is 1. The van der Waals surface area contributed by atoms with Gasteiger partial charge in [0.05, 0.1) is 17.4 Å². The highest BCUT2D eigenvalue weighted by Gasteiger charge is 2.34. The molecular formula is C21H19FN6O. The van der Waals surface area contributed by atoms with E-state index in [4.69, 9.17) is 5.73 Å². The van der Waals surface area contributed by atoms with Crippen molar-refractivity contribution in [2.24, 2.45) is 10.7 Å². The summed E-state index contributed by atoms with van der Waals surface area (Å²) in [4.78, 5) is 29.2. The fourth-order valence-corrected chi connectivity index (χ4v) is 3.42. The molecule has 29 heavy (non-hydrogen) atoms. The maximum Gasteiger partial charge on any atom is 0.275 e. The zero-order valence-electron chi connectivity index (χ0n) is 16.0. The summed E-state index contributed by atoms with van der Waals surface area (Å²) in [6.07, 6.45) is 6.70. The van der Waals surface area contributed by atoms with Gasteiger partial charge >= 0.3 is 0 Å². The van der Waals surface area contributed by atoms with Crippen LogP contribution in [0.3, 0.4) is 0 Å². The molecule has 1 aliphatic rings. The monoisotopic (exact) mass is 390 g/mol. The Bertz CT molecular complexity index is 1130. The average molecular weight is 390 g/mol.